The summed E-state index contributed by atoms with van der Waals surface area (Å²) in [6.45, 7) is 6.45. The highest BCUT2D eigenvalue weighted by Gasteiger charge is 2.37. The molecule has 1 aromatic carbocycles. The van der Waals surface area contributed by atoms with Crippen molar-refractivity contribution in [3.8, 4) is 0 Å². The number of hydrogen-bond donors (Lipinski definition) is 1. The fraction of sp³-hybridized carbons (Fsp3) is 0.667. The minimum atomic E-state index is -0.0412. The maximum atomic E-state index is 13.2. The van der Waals surface area contributed by atoms with Gasteiger partial charge in [0.25, 0.3) is 11.9 Å². The van der Waals surface area contributed by atoms with Gasteiger partial charge in [-0.25, -0.2) is 0 Å². The van der Waals surface area contributed by atoms with Crippen LogP contribution in [0.2, 0.25) is 0 Å². The Balaban J connectivity index is 1.37. The fourth-order valence-corrected chi connectivity index (χ4v) is 5.65. The van der Waals surface area contributed by atoms with Crippen LogP contribution in [0.25, 0.3) is 11.1 Å². The van der Waals surface area contributed by atoms with Crippen LogP contribution in [0.4, 0.5) is 6.01 Å². The van der Waals surface area contributed by atoms with E-state index < -0.39 is 0 Å². The number of oxazole rings is 1. The van der Waals surface area contributed by atoms with Crippen molar-refractivity contribution in [3.63, 3.8) is 0 Å². The lowest BCUT2D eigenvalue weighted by atomic mass is 9.82. The molecule has 168 valence electrons. The maximum Gasteiger partial charge on any atom is 0.298 e. The molecule has 0 saturated carbocycles. The van der Waals surface area contributed by atoms with Gasteiger partial charge in [0.2, 0.25) is 0 Å². The summed E-state index contributed by atoms with van der Waals surface area (Å²) in [5.41, 5.74) is 1.92. The highest BCUT2D eigenvalue weighted by molar-refractivity contribution is 6.04. The predicted molar refractivity (Wildman–Crippen MR) is 120 cm³/mol. The van der Waals surface area contributed by atoms with Gasteiger partial charge in [-0.1, -0.05) is 26.3 Å². The molecule has 0 radical (unpaired) electrons. The van der Waals surface area contributed by atoms with Gasteiger partial charge in [-0.05, 0) is 50.8 Å². The number of anilines is 1. The summed E-state index contributed by atoms with van der Waals surface area (Å²) in [5.74, 6) is 0.377. The number of benzene rings is 1. The zero-order valence-corrected chi connectivity index (χ0v) is 18.8. The second kappa shape index (κ2) is 8.43. The lowest BCUT2D eigenvalue weighted by Crippen LogP contribution is -2.55. The molecule has 7 nitrogen and oxygen atoms in total. The Bertz CT molecular complexity index is 928. The monoisotopic (exact) mass is 426 g/mol. The molecule has 5 rings (SSSR count). The van der Waals surface area contributed by atoms with Gasteiger partial charge in [-0.3, -0.25) is 4.79 Å². The van der Waals surface area contributed by atoms with E-state index in [0.717, 1.165) is 19.4 Å². The van der Waals surface area contributed by atoms with E-state index >= 15 is 0 Å². The maximum absolute atomic E-state index is 13.2. The zero-order chi connectivity index (χ0) is 21.5. The number of nitrogens with zero attached hydrogens (tertiary/aromatic N) is 3. The van der Waals surface area contributed by atoms with Crippen LogP contribution >= 0.6 is 0 Å². The van der Waals surface area contributed by atoms with E-state index in [4.69, 9.17) is 14.1 Å². The second-order valence-electron chi connectivity index (χ2n) is 9.77. The number of ether oxygens (including phenoxy) is 1. The molecule has 0 spiro atoms. The van der Waals surface area contributed by atoms with Crippen LogP contribution in [0, 0.1) is 5.92 Å². The largest absolute Gasteiger partial charge is 0.423 e. The van der Waals surface area contributed by atoms with Crippen molar-refractivity contribution >= 4 is 23.0 Å². The van der Waals surface area contributed by atoms with Crippen LogP contribution in [0.15, 0.2) is 22.6 Å². The molecule has 1 N–H and O–H groups in total. The van der Waals surface area contributed by atoms with Crippen molar-refractivity contribution in [2.24, 2.45) is 5.92 Å². The summed E-state index contributed by atoms with van der Waals surface area (Å²) in [6, 6.07) is 7.85. The highest BCUT2D eigenvalue weighted by Crippen LogP contribution is 2.33. The van der Waals surface area contributed by atoms with Gasteiger partial charge in [-0.15, -0.1) is 0 Å². The number of hydrogen-bond acceptors (Lipinski definition) is 6. The van der Waals surface area contributed by atoms with E-state index in [1.165, 1.54) is 19.3 Å². The first-order valence-corrected chi connectivity index (χ1v) is 11.8. The van der Waals surface area contributed by atoms with Gasteiger partial charge in [0.1, 0.15) is 5.52 Å². The van der Waals surface area contributed by atoms with Crippen molar-refractivity contribution in [3.05, 3.63) is 23.8 Å². The summed E-state index contributed by atoms with van der Waals surface area (Å²) < 4.78 is 11.8. The molecule has 1 amide bonds. The number of carbonyl (C=O) groups excluding carboxylic acids is 1. The van der Waals surface area contributed by atoms with Crippen molar-refractivity contribution in [2.45, 2.75) is 70.1 Å². The number of amides is 1. The molecule has 7 heteroatoms. The normalized spacial score (nSPS) is 29.5. The summed E-state index contributed by atoms with van der Waals surface area (Å²) in [7, 11) is 2.24. The van der Waals surface area contributed by atoms with Crippen molar-refractivity contribution < 1.29 is 13.9 Å². The average Bonchev–Trinajstić information content (AvgIpc) is 3.18. The summed E-state index contributed by atoms with van der Waals surface area (Å²) in [5, 5.41) is 3.31. The second-order valence-corrected chi connectivity index (χ2v) is 9.77. The van der Waals surface area contributed by atoms with Crippen LogP contribution in [-0.2, 0) is 4.74 Å². The number of aromatic nitrogens is 1. The topological polar surface area (TPSA) is 70.8 Å². The molecule has 3 fully saturated rings. The quantitative estimate of drug-likeness (QED) is 0.808. The molecule has 0 aliphatic carbocycles. The van der Waals surface area contributed by atoms with E-state index in [0.29, 0.717) is 53.9 Å². The lowest BCUT2D eigenvalue weighted by molar-refractivity contribution is 0.0463. The smallest absolute Gasteiger partial charge is 0.298 e. The van der Waals surface area contributed by atoms with Gasteiger partial charge >= 0.3 is 0 Å². The SMILES string of the molecule is CC(C)[C@H]1COCCN1c1nc2c(C(=O)NC3C[C@H]4CCC[C@H](C3)N4C)cccc2o1. The van der Waals surface area contributed by atoms with Crippen molar-refractivity contribution in [1.82, 2.24) is 15.2 Å². The van der Waals surface area contributed by atoms with Crippen LogP contribution in [0.1, 0.15) is 56.3 Å². The number of fused-ring (bicyclic) bond motifs is 3. The average molecular weight is 427 g/mol. The first-order chi connectivity index (χ1) is 15.0. The van der Waals surface area contributed by atoms with Crippen LogP contribution in [0.3, 0.4) is 0 Å². The number of morpholine rings is 1. The predicted octanol–water partition coefficient (Wildman–Crippen LogP) is 3.43. The number of nitrogens with one attached hydrogen (secondary N) is 1. The number of piperidine rings is 2. The fourth-order valence-electron chi connectivity index (χ4n) is 5.65. The minimum absolute atomic E-state index is 0.0412. The Morgan fingerprint density at radius 3 is 2.74 bits per heavy atom. The molecule has 4 heterocycles. The molecule has 1 aromatic heterocycles. The zero-order valence-electron chi connectivity index (χ0n) is 18.8. The highest BCUT2D eigenvalue weighted by atomic mass is 16.5. The van der Waals surface area contributed by atoms with E-state index in [2.05, 4.69) is 36.0 Å². The molecular weight excluding hydrogens is 392 g/mol. The molecule has 3 aliphatic heterocycles. The number of rotatable bonds is 4. The first-order valence-electron chi connectivity index (χ1n) is 11.8. The molecular formula is C24H34N4O3. The molecule has 31 heavy (non-hydrogen) atoms. The van der Waals surface area contributed by atoms with Crippen LogP contribution in [-0.4, -0.2) is 66.8 Å². The van der Waals surface area contributed by atoms with Crippen LogP contribution < -0.4 is 10.2 Å². The third-order valence-electron chi connectivity index (χ3n) is 7.51. The minimum Gasteiger partial charge on any atom is -0.423 e. The Morgan fingerprint density at radius 1 is 1.23 bits per heavy atom. The van der Waals surface area contributed by atoms with E-state index in [1.807, 2.05) is 18.2 Å². The molecule has 2 bridgehead atoms. The van der Waals surface area contributed by atoms with E-state index in [1.54, 1.807) is 0 Å². The Morgan fingerprint density at radius 2 is 2.00 bits per heavy atom. The van der Waals surface area contributed by atoms with Gasteiger partial charge in [-0.2, -0.15) is 4.98 Å². The third-order valence-corrected chi connectivity index (χ3v) is 7.51. The molecule has 3 saturated heterocycles. The molecule has 2 aromatic rings. The summed E-state index contributed by atoms with van der Waals surface area (Å²) in [4.78, 5) is 22.7. The summed E-state index contributed by atoms with van der Waals surface area (Å²) >= 11 is 0. The lowest BCUT2D eigenvalue weighted by Gasteiger charge is -2.47. The standard InChI is InChI=1S/C24H34N4O3/c1-15(2)20-14-30-11-10-28(20)24-26-22-19(8-5-9-21(22)31-24)23(29)25-16-12-17-6-4-7-18(13-16)27(17)3/h5,8-9,15-18,20H,4,6-7,10-14H2,1-3H3,(H,25,29)/t17-,18-,20-/m1/s1. The van der Waals surface area contributed by atoms with Gasteiger partial charge in [0.15, 0.2) is 5.58 Å². The molecule has 3 aliphatic rings. The van der Waals surface area contributed by atoms with Gasteiger partial charge in [0.05, 0.1) is 24.8 Å². The number of para-hydroxylation sites is 1. The van der Waals surface area contributed by atoms with E-state index in [9.17, 15) is 4.79 Å². The van der Waals surface area contributed by atoms with Gasteiger partial charge < -0.3 is 24.3 Å². The Kier molecular flexibility index (Phi) is 5.65. The Labute approximate surface area is 184 Å². The summed E-state index contributed by atoms with van der Waals surface area (Å²) in [6.07, 6.45) is 5.84. The third kappa shape index (κ3) is 3.94. The van der Waals surface area contributed by atoms with Crippen molar-refractivity contribution in [2.75, 3.05) is 31.7 Å². The molecule has 3 atom stereocenters. The van der Waals surface area contributed by atoms with Crippen LogP contribution in [0.5, 0.6) is 0 Å². The van der Waals surface area contributed by atoms with Crippen molar-refractivity contribution in [1.29, 1.82) is 0 Å². The van der Waals surface area contributed by atoms with E-state index in [-0.39, 0.29) is 18.0 Å². The number of carbonyl (C=O) groups is 1. The first kappa shape index (κ1) is 20.8. The van der Waals surface area contributed by atoms with Gasteiger partial charge in [0, 0.05) is 24.7 Å². The Hall–Kier alpha value is -2.12. The molecule has 0 unspecified atom stereocenters.